The fraction of sp³-hybridized carbons (Fsp3) is 0.438. The highest BCUT2D eigenvalue weighted by molar-refractivity contribution is 7.89. The minimum Gasteiger partial charge on any atom is -0.452 e. The summed E-state index contributed by atoms with van der Waals surface area (Å²) in [6, 6.07) is 5.56. The molecular formula is C16H23N3O6S. The first-order chi connectivity index (χ1) is 12.2. The second kappa shape index (κ2) is 9.88. The number of amides is 3. The third kappa shape index (κ3) is 7.19. The maximum absolute atomic E-state index is 12.1. The number of benzene rings is 1. The van der Waals surface area contributed by atoms with Gasteiger partial charge in [0.1, 0.15) is 0 Å². The molecule has 3 N–H and O–H groups in total. The summed E-state index contributed by atoms with van der Waals surface area (Å²) in [5.41, 5.74) is 0.924. The fourth-order valence-electron chi connectivity index (χ4n) is 1.82. The van der Waals surface area contributed by atoms with E-state index in [1.165, 1.54) is 19.1 Å². The molecule has 9 nitrogen and oxygen atoms in total. The summed E-state index contributed by atoms with van der Waals surface area (Å²) in [5.74, 6) is -1.54. The molecule has 0 saturated carbocycles. The lowest BCUT2D eigenvalue weighted by atomic mass is 10.2. The van der Waals surface area contributed by atoms with Crippen LogP contribution < -0.4 is 15.4 Å². The van der Waals surface area contributed by atoms with Crippen LogP contribution in [0.25, 0.3) is 0 Å². The number of hydrogen-bond acceptors (Lipinski definition) is 6. The van der Waals surface area contributed by atoms with E-state index in [0.717, 1.165) is 5.56 Å². The lowest BCUT2D eigenvalue weighted by Gasteiger charge is -2.13. The molecule has 1 aromatic rings. The van der Waals surface area contributed by atoms with E-state index in [2.05, 4.69) is 10.0 Å². The molecular weight excluding hydrogens is 362 g/mol. The number of esters is 1. The number of carbonyl (C=O) groups is 3. The molecule has 144 valence electrons. The zero-order chi connectivity index (χ0) is 19.7. The van der Waals surface area contributed by atoms with E-state index in [0.29, 0.717) is 6.54 Å². The normalized spacial score (nSPS) is 12.1. The summed E-state index contributed by atoms with van der Waals surface area (Å²) >= 11 is 0. The highest BCUT2D eigenvalue weighted by Crippen LogP contribution is 2.09. The number of ether oxygens (including phenoxy) is 1. The van der Waals surface area contributed by atoms with Crippen LogP contribution in [-0.4, -0.2) is 45.5 Å². The Bertz CT molecular complexity index is 746. The molecule has 1 aromatic carbocycles. The van der Waals surface area contributed by atoms with Crippen molar-refractivity contribution >= 4 is 27.9 Å². The van der Waals surface area contributed by atoms with Crippen molar-refractivity contribution in [1.29, 1.82) is 0 Å². The van der Waals surface area contributed by atoms with E-state index in [9.17, 15) is 22.8 Å². The molecule has 3 amide bonds. The third-order valence-corrected chi connectivity index (χ3v) is 4.68. The molecule has 0 aliphatic carbocycles. The summed E-state index contributed by atoms with van der Waals surface area (Å²) in [6.45, 7) is 4.99. The van der Waals surface area contributed by atoms with Crippen molar-refractivity contribution in [2.24, 2.45) is 0 Å². The van der Waals surface area contributed by atoms with Crippen molar-refractivity contribution in [1.82, 2.24) is 15.4 Å². The van der Waals surface area contributed by atoms with Crippen molar-refractivity contribution in [3.8, 4) is 0 Å². The highest BCUT2D eigenvalue weighted by atomic mass is 32.2. The van der Waals surface area contributed by atoms with Crippen molar-refractivity contribution in [2.75, 3.05) is 13.1 Å². The molecule has 1 atom stereocenters. The molecule has 0 unspecified atom stereocenters. The maximum Gasteiger partial charge on any atom is 0.321 e. The summed E-state index contributed by atoms with van der Waals surface area (Å²) < 4.78 is 31.3. The SMILES string of the molecule is CCNC(=O)NC(=O)[C@H](C)OC(=O)CCNS(=O)(=O)c1ccc(C)cc1. The van der Waals surface area contributed by atoms with Crippen molar-refractivity contribution in [3.63, 3.8) is 0 Å². The minimum atomic E-state index is -3.73. The van der Waals surface area contributed by atoms with Gasteiger partial charge in [0.2, 0.25) is 10.0 Å². The number of aryl methyl sites for hydroxylation is 1. The summed E-state index contributed by atoms with van der Waals surface area (Å²) in [4.78, 5) is 34.7. The van der Waals surface area contributed by atoms with Gasteiger partial charge in [0.15, 0.2) is 6.10 Å². The molecule has 0 heterocycles. The highest BCUT2D eigenvalue weighted by Gasteiger charge is 2.20. The molecule has 0 aromatic heterocycles. The Labute approximate surface area is 152 Å². The molecule has 0 saturated heterocycles. The van der Waals surface area contributed by atoms with Gasteiger partial charge in [0.05, 0.1) is 11.3 Å². The van der Waals surface area contributed by atoms with Crippen molar-refractivity contribution in [2.45, 2.75) is 38.2 Å². The van der Waals surface area contributed by atoms with E-state index in [-0.39, 0.29) is 17.9 Å². The molecule has 0 radical (unpaired) electrons. The number of imide groups is 1. The van der Waals surface area contributed by atoms with Crippen LogP contribution in [0.4, 0.5) is 4.79 Å². The Kier molecular flexibility index (Phi) is 8.20. The molecule has 0 aliphatic rings. The van der Waals surface area contributed by atoms with Crippen LogP contribution in [0.15, 0.2) is 29.2 Å². The topological polar surface area (TPSA) is 131 Å². The Balaban J connectivity index is 2.43. The standard InChI is InChI=1S/C16H23N3O6S/c1-4-17-16(22)19-15(21)12(3)25-14(20)9-10-18-26(23,24)13-7-5-11(2)6-8-13/h5-8,12,18H,4,9-10H2,1-3H3,(H2,17,19,21,22)/t12-/m0/s1. The van der Waals surface area contributed by atoms with Crippen LogP contribution in [-0.2, 0) is 24.3 Å². The van der Waals surface area contributed by atoms with Crippen molar-refractivity contribution in [3.05, 3.63) is 29.8 Å². The van der Waals surface area contributed by atoms with E-state index >= 15 is 0 Å². The Morgan fingerprint density at radius 1 is 1.15 bits per heavy atom. The van der Waals surface area contributed by atoms with Crippen LogP contribution >= 0.6 is 0 Å². The molecule has 10 heteroatoms. The van der Waals surface area contributed by atoms with E-state index in [1.807, 2.05) is 12.2 Å². The fourth-order valence-corrected chi connectivity index (χ4v) is 2.85. The monoisotopic (exact) mass is 385 g/mol. The average Bonchev–Trinajstić information content (AvgIpc) is 2.55. The Morgan fingerprint density at radius 2 is 1.77 bits per heavy atom. The van der Waals surface area contributed by atoms with Gasteiger partial charge in [-0.2, -0.15) is 0 Å². The Morgan fingerprint density at radius 3 is 2.35 bits per heavy atom. The largest absolute Gasteiger partial charge is 0.452 e. The summed E-state index contributed by atoms with van der Waals surface area (Å²) in [6.07, 6.45) is -1.44. The first-order valence-electron chi connectivity index (χ1n) is 8.00. The average molecular weight is 385 g/mol. The lowest BCUT2D eigenvalue weighted by Crippen LogP contribution is -2.44. The van der Waals surface area contributed by atoms with Gasteiger partial charge in [-0.15, -0.1) is 0 Å². The van der Waals surface area contributed by atoms with Gasteiger partial charge in [-0.3, -0.25) is 14.9 Å². The molecule has 0 fully saturated rings. The first kappa shape index (κ1) is 21.6. The van der Waals surface area contributed by atoms with Crippen LogP contribution in [0.3, 0.4) is 0 Å². The summed E-state index contributed by atoms with van der Waals surface area (Å²) in [7, 11) is -3.73. The van der Waals surface area contributed by atoms with Crippen LogP contribution in [0.1, 0.15) is 25.8 Å². The smallest absolute Gasteiger partial charge is 0.321 e. The number of nitrogens with one attached hydrogen (secondary N) is 3. The number of rotatable bonds is 8. The predicted octanol–water partition coefficient (Wildman–Crippen LogP) is 0.441. The zero-order valence-electron chi connectivity index (χ0n) is 14.9. The second-order valence-electron chi connectivity index (χ2n) is 5.44. The molecule has 1 rings (SSSR count). The third-order valence-electron chi connectivity index (χ3n) is 3.20. The minimum absolute atomic E-state index is 0.0890. The maximum atomic E-state index is 12.1. The predicted molar refractivity (Wildman–Crippen MR) is 93.8 cm³/mol. The number of hydrogen-bond donors (Lipinski definition) is 3. The number of carbonyl (C=O) groups excluding carboxylic acids is 3. The van der Waals surface area contributed by atoms with Gasteiger partial charge < -0.3 is 10.1 Å². The van der Waals surface area contributed by atoms with Gasteiger partial charge in [-0.25, -0.2) is 17.9 Å². The summed E-state index contributed by atoms with van der Waals surface area (Å²) in [5, 5.41) is 4.38. The van der Waals surface area contributed by atoms with Gasteiger partial charge in [0.25, 0.3) is 5.91 Å². The van der Waals surface area contributed by atoms with Gasteiger partial charge >= 0.3 is 12.0 Å². The Hall–Kier alpha value is -2.46. The van der Waals surface area contributed by atoms with E-state index < -0.39 is 34.0 Å². The van der Waals surface area contributed by atoms with Gasteiger partial charge in [-0.1, -0.05) is 17.7 Å². The molecule has 0 spiro atoms. The lowest BCUT2D eigenvalue weighted by molar-refractivity contribution is -0.154. The van der Waals surface area contributed by atoms with E-state index in [1.54, 1.807) is 19.1 Å². The van der Waals surface area contributed by atoms with Crippen LogP contribution in [0, 0.1) is 6.92 Å². The zero-order valence-corrected chi connectivity index (χ0v) is 15.7. The first-order valence-corrected chi connectivity index (χ1v) is 9.48. The van der Waals surface area contributed by atoms with Crippen LogP contribution in [0.5, 0.6) is 0 Å². The van der Waals surface area contributed by atoms with Crippen LogP contribution in [0.2, 0.25) is 0 Å². The second-order valence-corrected chi connectivity index (χ2v) is 7.21. The van der Waals surface area contributed by atoms with Crippen molar-refractivity contribution < 1.29 is 27.5 Å². The molecule has 26 heavy (non-hydrogen) atoms. The van der Waals surface area contributed by atoms with Gasteiger partial charge in [-0.05, 0) is 32.9 Å². The van der Waals surface area contributed by atoms with E-state index in [4.69, 9.17) is 4.74 Å². The number of urea groups is 1. The van der Waals surface area contributed by atoms with Gasteiger partial charge in [0, 0.05) is 13.1 Å². The molecule has 0 bridgehead atoms. The number of sulfonamides is 1. The quantitative estimate of drug-likeness (QED) is 0.557. The molecule has 0 aliphatic heterocycles.